The van der Waals surface area contributed by atoms with Gasteiger partial charge in [-0.3, -0.25) is 14.7 Å². The molecule has 3 heterocycles. The van der Waals surface area contributed by atoms with Gasteiger partial charge in [0.05, 0.1) is 11.9 Å². The van der Waals surface area contributed by atoms with Crippen LogP contribution in [0.3, 0.4) is 0 Å². The van der Waals surface area contributed by atoms with Gasteiger partial charge in [-0.15, -0.1) is 0 Å². The standard InChI is InChI=1S/C12H13N5O2/c1-6-8-4-7(5-13-11(8)17-16-6)14-12(19)9-2-3-10(18)15-9/h4-5,9H,2-3H2,1H3,(H,14,19)(H,15,18)(H,13,16,17)/t9-/m1/s1. The first kappa shape index (κ1) is 11.6. The molecule has 1 aliphatic rings. The number of hydrogen-bond acceptors (Lipinski definition) is 4. The number of anilines is 1. The lowest BCUT2D eigenvalue weighted by Crippen LogP contribution is -2.37. The Hall–Kier alpha value is -2.44. The van der Waals surface area contributed by atoms with Gasteiger partial charge in [0.25, 0.3) is 0 Å². The molecule has 0 bridgehead atoms. The highest BCUT2D eigenvalue weighted by Gasteiger charge is 2.27. The van der Waals surface area contributed by atoms with E-state index in [1.165, 1.54) is 0 Å². The van der Waals surface area contributed by atoms with Crippen molar-refractivity contribution in [2.75, 3.05) is 5.32 Å². The number of fused-ring (bicyclic) bond motifs is 1. The fourth-order valence-electron chi connectivity index (χ4n) is 2.13. The molecule has 3 rings (SSSR count). The fourth-order valence-corrected chi connectivity index (χ4v) is 2.13. The van der Waals surface area contributed by atoms with Crippen LogP contribution in [0.25, 0.3) is 11.0 Å². The minimum absolute atomic E-state index is 0.0839. The van der Waals surface area contributed by atoms with Crippen LogP contribution >= 0.6 is 0 Å². The van der Waals surface area contributed by atoms with E-state index in [1.807, 2.05) is 13.0 Å². The maximum absolute atomic E-state index is 11.9. The molecule has 0 spiro atoms. The SMILES string of the molecule is Cc1[nH]nc2ncc(NC(=O)[C@H]3CCC(=O)N3)cc12. The van der Waals surface area contributed by atoms with Crippen molar-refractivity contribution in [3.8, 4) is 0 Å². The maximum Gasteiger partial charge on any atom is 0.247 e. The van der Waals surface area contributed by atoms with Crippen molar-refractivity contribution in [1.82, 2.24) is 20.5 Å². The van der Waals surface area contributed by atoms with Crippen LogP contribution in [-0.4, -0.2) is 33.0 Å². The number of aromatic amines is 1. The second-order valence-electron chi connectivity index (χ2n) is 4.59. The van der Waals surface area contributed by atoms with E-state index in [4.69, 9.17) is 0 Å². The predicted octanol–water partition coefficient (Wildman–Crippen LogP) is 0.483. The third-order valence-corrected chi connectivity index (χ3v) is 3.18. The second kappa shape index (κ2) is 4.34. The third kappa shape index (κ3) is 2.14. The Morgan fingerprint density at radius 3 is 3.11 bits per heavy atom. The lowest BCUT2D eigenvalue weighted by molar-refractivity contribution is -0.122. The van der Waals surface area contributed by atoms with Gasteiger partial charge in [-0.1, -0.05) is 0 Å². The first-order chi connectivity index (χ1) is 9.13. The van der Waals surface area contributed by atoms with Gasteiger partial charge >= 0.3 is 0 Å². The average molecular weight is 259 g/mol. The molecular formula is C12H13N5O2. The molecule has 2 amide bonds. The third-order valence-electron chi connectivity index (χ3n) is 3.18. The molecule has 0 unspecified atom stereocenters. The Kier molecular flexibility index (Phi) is 2.66. The van der Waals surface area contributed by atoms with Crippen molar-refractivity contribution in [3.63, 3.8) is 0 Å². The van der Waals surface area contributed by atoms with Gasteiger partial charge in [0, 0.05) is 17.5 Å². The van der Waals surface area contributed by atoms with E-state index < -0.39 is 6.04 Å². The lowest BCUT2D eigenvalue weighted by Gasteiger charge is -2.10. The number of nitrogens with zero attached hydrogens (tertiary/aromatic N) is 2. The molecule has 0 saturated carbocycles. The Labute approximate surface area is 108 Å². The molecule has 1 saturated heterocycles. The van der Waals surface area contributed by atoms with E-state index >= 15 is 0 Å². The average Bonchev–Trinajstić information content (AvgIpc) is 2.97. The lowest BCUT2D eigenvalue weighted by atomic mass is 10.2. The molecule has 2 aromatic heterocycles. The number of amides is 2. The number of hydrogen-bond donors (Lipinski definition) is 3. The monoisotopic (exact) mass is 259 g/mol. The number of carbonyl (C=O) groups is 2. The van der Waals surface area contributed by atoms with Gasteiger partial charge in [0.1, 0.15) is 6.04 Å². The predicted molar refractivity (Wildman–Crippen MR) is 68.4 cm³/mol. The highest BCUT2D eigenvalue weighted by atomic mass is 16.2. The molecule has 0 radical (unpaired) electrons. The Morgan fingerprint density at radius 2 is 2.37 bits per heavy atom. The molecule has 98 valence electrons. The summed E-state index contributed by atoms with van der Waals surface area (Å²) in [6.45, 7) is 1.89. The van der Waals surface area contributed by atoms with E-state index in [0.717, 1.165) is 11.1 Å². The fraction of sp³-hybridized carbons (Fsp3) is 0.333. The zero-order valence-corrected chi connectivity index (χ0v) is 10.4. The van der Waals surface area contributed by atoms with Crippen LogP contribution < -0.4 is 10.6 Å². The quantitative estimate of drug-likeness (QED) is 0.730. The summed E-state index contributed by atoms with van der Waals surface area (Å²) in [4.78, 5) is 27.2. The van der Waals surface area contributed by atoms with Gasteiger partial charge in [-0.05, 0) is 19.4 Å². The number of H-pyrrole nitrogens is 1. The normalized spacial score (nSPS) is 18.6. The minimum Gasteiger partial charge on any atom is -0.344 e. The second-order valence-corrected chi connectivity index (χ2v) is 4.59. The number of rotatable bonds is 2. The van der Waals surface area contributed by atoms with Crippen molar-refractivity contribution in [2.45, 2.75) is 25.8 Å². The van der Waals surface area contributed by atoms with E-state index in [9.17, 15) is 9.59 Å². The van der Waals surface area contributed by atoms with Crippen molar-refractivity contribution in [3.05, 3.63) is 18.0 Å². The van der Waals surface area contributed by atoms with Gasteiger partial charge < -0.3 is 10.6 Å². The van der Waals surface area contributed by atoms with Crippen molar-refractivity contribution >= 4 is 28.5 Å². The summed E-state index contributed by atoms with van der Waals surface area (Å²) >= 11 is 0. The molecule has 2 aromatic rings. The molecule has 0 aromatic carbocycles. The van der Waals surface area contributed by atoms with Crippen LogP contribution in [0.15, 0.2) is 12.3 Å². The van der Waals surface area contributed by atoms with Gasteiger partial charge in [0.15, 0.2) is 5.65 Å². The maximum atomic E-state index is 11.9. The van der Waals surface area contributed by atoms with Gasteiger partial charge in [0.2, 0.25) is 11.8 Å². The van der Waals surface area contributed by atoms with Crippen molar-refractivity contribution in [1.29, 1.82) is 0 Å². The highest BCUT2D eigenvalue weighted by Crippen LogP contribution is 2.18. The number of aromatic nitrogens is 3. The zero-order chi connectivity index (χ0) is 13.4. The number of pyridine rings is 1. The van der Waals surface area contributed by atoms with Crippen LogP contribution in [0, 0.1) is 6.92 Å². The first-order valence-electron chi connectivity index (χ1n) is 6.04. The zero-order valence-electron chi connectivity index (χ0n) is 10.4. The first-order valence-corrected chi connectivity index (χ1v) is 6.04. The molecule has 19 heavy (non-hydrogen) atoms. The molecule has 1 atom stereocenters. The van der Waals surface area contributed by atoms with Crippen LogP contribution in [-0.2, 0) is 9.59 Å². The molecule has 7 nitrogen and oxygen atoms in total. The van der Waals surface area contributed by atoms with E-state index in [2.05, 4.69) is 25.8 Å². The molecule has 1 aliphatic heterocycles. The highest BCUT2D eigenvalue weighted by molar-refractivity contribution is 5.99. The molecule has 3 N–H and O–H groups in total. The number of carbonyl (C=O) groups excluding carboxylic acids is 2. The summed E-state index contributed by atoms with van der Waals surface area (Å²) in [5.41, 5.74) is 2.11. The Morgan fingerprint density at radius 1 is 1.53 bits per heavy atom. The molecule has 0 aliphatic carbocycles. The topological polar surface area (TPSA) is 99.8 Å². The summed E-state index contributed by atoms with van der Waals surface area (Å²) in [7, 11) is 0. The van der Waals surface area contributed by atoms with Crippen LogP contribution in [0.1, 0.15) is 18.5 Å². The van der Waals surface area contributed by atoms with Crippen LogP contribution in [0.5, 0.6) is 0 Å². The number of nitrogens with one attached hydrogen (secondary N) is 3. The Bertz CT molecular complexity index is 663. The Balaban J connectivity index is 1.79. The van der Waals surface area contributed by atoms with E-state index in [1.54, 1.807) is 6.20 Å². The van der Waals surface area contributed by atoms with Crippen LogP contribution in [0.4, 0.5) is 5.69 Å². The largest absolute Gasteiger partial charge is 0.344 e. The molecule has 7 heteroatoms. The summed E-state index contributed by atoms with van der Waals surface area (Å²) < 4.78 is 0. The van der Waals surface area contributed by atoms with Crippen LogP contribution in [0.2, 0.25) is 0 Å². The van der Waals surface area contributed by atoms with E-state index in [-0.39, 0.29) is 11.8 Å². The van der Waals surface area contributed by atoms with Crippen molar-refractivity contribution in [2.24, 2.45) is 0 Å². The summed E-state index contributed by atoms with van der Waals surface area (Å²) in [5.74, 6) is -0.299. The van der Waals surface area contributed by atoms with E-state index in [0.29, 0.717) is 24.2 Å². The van der Waals surface area contributed by atoms with Gasteiger partial charge in [-0.2, -0.15) is 5.10 Å². The summed E-state index contributed by atoms with van der Waals surface area (Å²) in [6.07, 6.45) is 2.48. The van der Waals surface area contributed by atoms with Crippen molar-refractivity contribution < 1.29 is 9.59 Å². The summed E-state index contributed by atoms with van der Waals surface area (Å²) in [5, 5.41) is 13.1. The molecule has 1 fully saturated rings. The summed E-state index contributed by atoms with van der Waals surface area (Å²) in [6, 6.07) is 1.36. The smallest absolute Gasteiger partial charge is 0.247 e. The van der Waals surface area contributed by atoms with Gasteiger partial charge in [-0.25, -0.2) is 4.98 Å². The number of aryl methyl sites for hydroxylation is 1. The minimum atomic E-state index is -0.450. The molecular weight excluding hydrogens is 246 g/mol.